The van der Waals surface area contributed by atoms with Crippen molar-refractivity contribution >= 4 is 16.8 Å². The van der Waals surface area contributed by atoms with E-state index in [0.29, 0.717) is 12.4 Å². The van der Waals surface area contributed by atoms with Crippen LogP contribution >= 0.6 is 0 Å². The molecule has 0 atom stereocenters. The van der Waals surface area contributed by atoms with Gasteiger partial charge in [-0.05, 0) is 62.8 Å². The number of amides is 1. The van der Waals surface area contributed by atoms with Gasteiger partial charge in [0.25, 0.3) is 5.91 Å². The lowest BCUT2D eigenvalue weighted by Crippen LogP contribution is -2.31. The minimum atomic E-state index is -1.15. The number of carbonyl (C=O) groups is 1. The Labute approximate surface area is 200 Å². The molecule has 9 heteroatoms. The zero-order valence-corrected chi connectivity index (χ0v) is 19.2. The van der Waals surface area contributed by atoms with Crippen LogP contribution in [0, 0.1) is 24.5 Å². The maximum atomic E-state index is 13.5. The van der Waals surface area contributed by atoms with Crippen LogP contribution in [0.15, 0.2) is 48.8 Å². The van der Waals surface area contributed by atoms with Crippen LogP contribution in [0.25, 0.3) is 22.3 Å². The minimum absolute atomic E-state index is 0.148. The van der Waals surface area contributed by atoms with Crippen LogP contribution < -0.4 is 5.32 Å². The van der Waals surface area contributed by atoms with Crippen molar-refractivity contribution in [2.75, 3.05) is 6.54 Å². The Hall–Kier alpha value is -3.88. The summed E-state index contributed by atoms with van der Waals surface area (Å²) in [6.07, 6.45) is 7.47. The van der Waals surface area contributed by atoms with Crippen molar-refractivity contribution in [1.29, 1.82) is 0 Å². The van der Waals surface area contributed by atoms with Crippen LogP contribution in [0.4, 0.5) is 8.78 Å². The number of carbonyl (C=O) groups excluding carboxylic acids is 1. The first-order valence-electron chi connectivity index (χ1n) is 11.6. The van der Waals surface area contributed by atoms with E-state index in [2.05, 4.69) is 21.5 Å². The molecule has 5 rings (SSSR count). The van der Waals surface area contributed by atoms with Gasteiger partial charge in [0.15, 0.2) is 23.2 Å². The Morgan fingerprint density at radius 2 is 1.86 bits per heavy atom. The van der Waals surface area contributed by atoms with Gasteiger partial charge in [0.2, 0.25) is 0 Å². The molecule has 4 aromatic rings. The van der Waals surface area contributed by atoms with Gasteiger partial charge in [-0.15, -0.1) is 0 Å². The average Bonchev–Trinajstić information content (AvgIpc) is 3.29. The van der Waals surface area contributed by atoms with E-state index in [1.165, 1.54) is 0 Å². The number of hydrogen-bond donors (Lipinski definition) is 2. The molecule has 1 aliphatic rings. The highest BCUT2D eigenvalue weighted by Crippen LogP contribution is 2.33. The smallest absolute Gasteiger partial charge is 0.251 e. The molecule has 2 aromatic heterocycles. The van der Waals surface area contributed by atoms with Crippen molar-refractivity contribution in [2.45, 2.75) is 38.6 Å². The number of phenols is 1. The lowest BCUT2D eigenvalue weighted by atomic mass is 9.86. The summed E-state index contributed by atoms with van der Waals surface area (Å²) in [4.78, 5) is 21.1. The first kappa shape index (κ1) is 22.9. The molecule has 0 saturated heterocycles. The van der Waals surface area contributed by atoms with Crippen molar-refractivity contribution in [1.82, 2.24) is 25.1 Å². The van der Waals surface area contributed by atoms with Gasteiger partial charge in [-0.1, -0.05) is 12.1 Å². The quantitative estimate of drug-likeness (QED) is 0.424. The van der Waals surface area contributed by atoms with Crippen LogP contribution in [0.2, 0.25) is 0 Å². The predicted octanol–water partition coefficient (Wildman–Crippen LogP) is 4.95. The Morgan fingerprint density at radius 1 is 1.11 bits per heavy atom. The van der Waals surface area contributed by atoms with Gasteiger partial charge in [-0.25, -0.2) is 18.7 Å². The van der Waals surface area contributed by atoms with Crippen molar-refractivity contribution < 1.29 is 18.7 Å². The average molecular weight is 478 g/mol. The fourth-order valence-electron chi connectivity index (χ4n) is 4.60. The van der Waals surface area contributed by atoms with Gasteiger partial charge in [0.05, 0.1) is 11.6 Å². The van der Waals surface area contributed by atoms with E-state index in [-0.39, 0.29) is 17.5 Å². The number of aryl methyl sites for hydroxylation is 1. The Kier molecular flexibility index (Phi) is 6.15. The topological polar surface area (TPSA) is 92.9 Å². The lowest BCUT2D eigenvalue weighted by Gasteiger charge is -2.28. The first-order chi connectivity index (χ1) is 16.9. The summed E-state index contributed by atoms with van der Waals surface area (Å²) in [5.74, 6) is -2.98. The normalized spacial score (nSPS) is 18.0. The predicted molar refractivity (Wildman–Crippen MR) is 127 cm³/mol. The third-order valence-corrected chi connectivity index (χ3v) is 6.60. The molecule has 7 nitrogen and oxygen atoms in total. The Bertz CT molecular complexity index is 1370. The van der Waals surface area contributed by atoms with E-state index in [9.17, 15) is 18.7 Å². The maximum absolute atomic E-state index is 13.5. The van der Waals surface area contributed by atoms with E-state index >= 15 is 0 Å². The minimum Gasteiger partial charge on any atom is -0.503 e. The Balaban J connectivity index is 1.19. The molecule has 180 valence electrons. The van der Waals surface area contributed by atoms with Gasteiger partial charge in [-0.2, -0.15) is 5.10 Å². The second-order valence-electron chi connectivity index (χ2n) is 9.08. The SMILES string of the molecule is Cc1ccnc(-c2ccc3cn(C4CCC(CNC(=O)c5cc(F)c(O)c(F)c5)CC4)nc3c2)n1. The zero-order chi connectivity index (χ0) is 24.5. The molecule has 1 amide bonds. The third kappa shape index (κ3) is 4.84. The molecule has 35 heavy (non-hydrogen) atoms. The van der Waals surface area contributed by atoms with E-state index in [1.54, 1.807) is 6.20 Å². The molecular weight excluding hydrogens is 452 g/mol. The third-order valence-electron chi connectivity index (χ3n) is 6.60. The van der Waals surface area contributed by atoms with Crippen molar-refractivity contribution in [3.63, 3.8) is 0 Å². The molecule has 0 unspecified atom stereocenters. The van der Waals surface area contributed by atoms with E-state index in [1.807, 2.05) is 35.9 Å². The van der Waals surface area contributed by atoms with Crippen molar-refractivity contribution in [3.05, 3.63) is 71.7 Å². The van der Waals surface area contributed by atoms with Gasteiger partial charge in [-0.3, -0.25) is 9.48 Å². The van der Waals surface area contributed by atoms with Gasteiger partial charge in [0.1, 0.15) is 0 Å². The second-order valence-corrected chi connectivity index (χ2v) is 9.08. The number of benzene rings is 2. The molecule has 1 fully saturated rings. The van der Waals surface area contributed by atoms with Crippen LogP contribution in [0.3, 0.4) is 0 Å². The maximum Gasteiger partial charge on any atom is 0.251 e. The fourth-order valence-corrected chi connectivity index (χ4v) is 4.60. The summed E-state index contributed by atoms with van der Waals surface area (Å²) in [7, 11) is 0. The van der Waals surface area contributed by atoms with E-state index < -0.39 is 23.3 Å². The number of hydrogen-bond acceptors (Lipinski definition) is 5. The highest BCUT2D eigenvalue weighted by atomic mass is 19.1. The number of rotatable bonds is 5. The molecule has 2 aromatic carbocycles. The van der Waals surface area contributed by atoms with Crippen LogP contribution in [-0.2, 0) is 0 Å². The number of aromatic hydroxyl groups is 1. The Morgan fingerprint density at radius 3 is 2.57 bits per heavy atom. The first-order valence-corrected chi connectivity index (χ1v) is 11.6. The molecule has 0 spiro atoms. The van der Waals surface area contributed by atoms with Crippen LogP contribution in [0.1, 0.15) is 47.8 Å². The summed E-state index contributed by atoms with van der Waals surface area (Å²) in [6.45, 7) is 2.36. The molecule has 0 aliphatic heterocycles. The highest BCUT2D eigenvalue weighted by molar-refractivity contribution is 5.94. The zero-order valence-electron chi connectivity index (χ0n) is 19.2. The molecule has 1 saturated carbocycles. The van der Waals surface area contributed by atoms with Gasteiger partial charge in [0, 0.05) is 41.1 Å². The van der Waals surface area contributed by atoms with Crippen LogP contribution in [0.5, 0.6) is 5.75 Å². The monoisotopic (exact) mass is 477 g/mol. The number of halogens is 2. The van der Waals surface area contributed by atoms with E-state index in [4.69, 9.17) is 5.10 Å². The van der Waals surface area contributed by atoms with E-state index in [0.717, 1.165) is 60.0 Å². The van der Waals surface area contributed by atoms with Crippen molar-refractivity contribution in [3.8, 4) is 17.1 Å². The standard InChI is InChI=1S/C26H25F2N5O2/c1-15-8-9-29-25(31-15)17-4-5-18-14-33(32-23(18)12-17)20-6-2-16(3-7-20)13-30-26(35)19-10-21(27)24(34)22(28)11-19/h4-5,8-12,14,16,20,34H,2-3,6-7,13H2,1H3,(H,30,35). The molecular formula is C26H25F2N5O2. The number of aromatic nitrogens is 4. The number of fused-ring (bicyclic) bond motifs is 1. The van der Waals surface area contributed by atoms with Gasteiger partial charge >= 0.3 is 0 Å². The summed E-state index contributed by atoms with van der Waals surface area (Å²) in [5, 5.41) is 17.8. The molecule has 0 bridgehead atoms. The van der Waals surface area contributed by atoms with Crippen LogP contribution in [-0.4, -0.2) is 37.3 Å². The fraction of sp³-hybridized carbons (Fsp3) is 0.308. The summed E-state index contributed by atoms with van der Waals surface area (Å²) >= 11 is 0. The number of nitrogens with one attached hydrogen (secondary N) is 1. The number of phenolic OH excluding ortho intramolecular Hbond substituents is 1. The lowest BCUT2D eigenvalue weighted by molar-refractivity contribution is 0.0940. The largest absolute Gasteiger partial charge is 0.503 e. The van der Waals surface area contributed by atoms with Gasteiger partial charge < -0.3 is 10.4 Å². The number of nitrogens with zero attached hydrogens (tertiary/aromatic N) is 4. The molecule has 0 radical (unpaired) electrons. The summed E-state index contributed by atoms with van der Waals surface area (Å²) in [6, 6.07) is 9.87. The van der Waals surface area contributed by atoms with Crippen molar-refractivity contribution in [2.24, 2.45) is 5.92 Å². The molecule has 2 heterocycles. The summed E-state index contributed by atoms with van der Waals surface area (Å²) < 4.78 is 29.1. The summed E-state index contributed by atoms with van der Waals surface area (Å²) in [5.41, 5.74) is 2.59. The second kappa shape index (κ2) is 9.40. The molecule has 1 aliphatic carbocycles. The molecule has 2 N–H and O–H groups in total. The highest BCUT2D eigenvalue weighted by Gasteiger charge is 2.24.